The van der Waals surface area contributed by atoms with E-state index in [1.54, 1.807) is 37.3 Å². The molecule has 146 valence electrons. The third-order valence-corrected chi connectivity index (χ3v) is 5.10. The fourth-order valence-corrected chi connectivity index (χ4v) is 3.73. The number of carboxylic acid groups (broad SMARTS) is 1. The lowest BCUT2D eigenvalue weighted by molar-refractivity contribution is -0.161. The Bertz CT molecular complexity index is 966. The van der Waals surface area contributed by atoms with Gasteiger partial charge < -0.3 is 10.2 Å². The minimum absolute atomic E-state index is 0.0612. The van der Waals surface area contributed by atoms with Gasteiger partial charge in [0.25, 0.3) is 0 Å². The predicted molar refractivity (Wildman–Crippen MR) is 96.3 cm³/mol. The maximum Gasteiger partial charge on any atom is 0.317 e. The SMILES string of the molecule is CCC(C(=O)O)(c1ccccc1)C(O)(Cn1cncn1)c1ccc(F)cc1F. The lowest BCUT2D eigenvalue weighted by Gasteiger charge is -2.44. The summed E-state index contributed by atoms with van der Waals surface area (Å²) in [4.78, 5) is 16.4. The number of nitrogens with zero attached hydrogens (tertiary/aromatic N) is 3. The Labute approximate surface area is 160 Å². The van der Waals surface area contributed by atoms with Crippen LogP contribution in [0.3, 0.4) is 0 Å². The fraction of sp³-hybridized carbons (Fsp3) is 0.250. The molecular weight excluding hydrogens is 368 g/mol. The van der Waals surface area contributed by atoms with Crippen molar-refractivity contribution in [3.63, 3.8) is 0 Å². The predicted octanol–water partition coefficient (Wildman–Crippen LogP) is 2.88. The van der Waals surface area contributed by atoms with Crippen molar-refractivity contribution in [1.82, 2.24) is 14.8 Å². The zero-order valence-corrected chi connectivity index (χ0v) is 15.1. The molecule has 0 aliphatic rings. The molecule has 2 atom stereocenters. The molecule has 1 heterocycles. The van der Waals surface area contributed by atoms with Gasteiger partial charge in [-0.1, -0.05) is 43.3 Å². The minimum Gasteiger partial charge on any atom is -0.480 e. The molecule has 0 aliphatic carbocycles. The van der Waals surface area contributed by atoms with E-state index in [1.807, 2.05) is 0 Å². The van der Waals surface area contributed by atoms with Gasteiger partial charge in [0.1, 0.15) is 35.3 Å². The van der Waals surface area contributed by atoms with Gasteiger partial charge in [-0.2, -0.15) is 5.10 Å². The molecule has 0 amide bonds. The smallest absolute Gasteiger partial charge is 0.317 e. The highest BCUT2D eigenvalue weighted by Crippen LogP contribution is 2.47. The van der Waals surface area contributed by atoms with Gasteiger partial charge in [-0.3, -0.25) is 4.79 Å². The highest BCUT2D eigenvalue weighted by molar-refractivity contribution is 5.83. The topological polar surface area (TPSA) is 88.2 Å². The summed E-state index contributed by atoms with van der Waals surface area (Å²) in [5.74, 6) is -3.22. The van der Waals surface area contributed by atoms with Crippen LogP contribution in [0.25, 0.3) is 0 Å². The summed E-state index contributed by atoms with van der Waals surface area (Å²) in [6.45, 7) is 1.19. The molecule has 3 aromatic rings. The first kappa shape index (κ1) is 19.6. The Morgan fingerprint density at radius 1 is 1.18 bits per heavy atom. The molecule has 0 aliphatic heterocycles. The zero-order valence-electron chi connectivity index (χ0n) is 15.1. The number of carboxylic acids is 1. The van der Waals surface area contributed by atoms with E-state index in [1.165, 1.54) is 17.3 Å². The number of aromatic nitrogens is 3. The Morgan fingerprint density at radius 3 is 2.43 bits per heavy atom. The number of halogens is 2. The van der Waals surface area contributed by atoms with Crippen LogP contribution in [0, 0.1) is 11.6 Å². The van der Waals surface area contributed by atoms with Gasteiger partial charge in [-0.15, -0.1) is 0 Å². The van der Waals surface area contributed by atoms with Crippen LogP contribution in [0.2, 0.25) is 0 Å². The summed E-state index contributed by atoms with van der Waals surface area (Å²) in [5, 5.41) is 26.0. The summed E-state index contributed by atoms with van der Waals surface area (Å²) >= 11 is 0. The summed E-state index contributed by atoms with van der Waals surface area (Å²) in [5.41, 5.74) is -4.27. The highest BCUT2D eigenvalue weighted by Gasteiger charge is 2.58. The number of aliphatic carboxylic acids is 1. The van der Waals surface area contributed by atoms with Crippen LogP contribution >= 0.6 is 0 Å². The zero-order chi connectivity index (χ0) is 20.4. The van der Waals surface area contributed by atoms with Crippen LogP contribution in [0.4, 0.5) is 8.78 Å². The van der Waals surface area contributed by atoms with Crippen molar-refractivity contribution in [3.8, 4) is 0 Å². The molecule has 2 unspecified atom stereocenters. The standard InChI is InChI=1S/C20H19F2N3O3/c1-2-19(18(26)27,14-6-4-3-5-7-14)20(28,11-25-13-23-12-24-25)16-9-8-15(21)10-17(16)22/h3-10,12-13,28H,2,11H2,1H3,(H,26,27). The molecule has 0 radical (unpaired) electrons. The Balaban J connectivity index is 2.34. The van der Waals surface area contributed by atoms with E-state index in [-0.39, 0.29) is 17.5 Å². The third kappa shape index (κ3) is 3.05. The molecule has 28 heavy (non-hydrogen) atoms. The van der Waals surface area contributed by atoms with Crippen molar-refractivity contribution in [2.24, 2.45) is 0 Å². The van der Waals surface area contributed by atoms with E-state index < -0.39 is 35.2 Å². The van der Waals surface area contributed by atoms with E-state index in [9.17, 15) is 23.8 Å². The quantitative estimate of drug-likeness (QED) is 0.651. The first-order valence-electron chi connectivity index (χ1n) is 8.64. The van der Waals surface area contributed by atoms with Gasteiger partial charge in [0.2, 0.25) is 0 Å². The van der Waals surface area contributed by atoms with Gasteiger partial charge in [-0.05, 0) is 18.1 Å². The van der Waals surface area contributed by atoms with Crippen LogP contribution in [0.15, 0.2) is 61.2 Å². The molecule has 0 spiro atoms. The monoisotopic (exact) mass is 387 g/mol. The normalized spacial score (nSPS) is 15.6. The number of rotatable bonds is 7. The number of hydrogen-bond donors (Lipinski definition) is 2. The average molecular weight is 387 g/mol. The van der Waals surface area contributed by atoms with Crippen LogP contribution in [0.1, 0.15) is 24.5 Å². The molecule has 0 bridgehead atoms. The second-order valence-electron chi connectivity index (χ2n) is 6.51. The molecule has 8 heteroatoms. The van der Waals surface area contributed by atoms with Crippen LogP contribution in [0.5, 0.6) is 0 Å². The first-order valence-corrected chi connectivity index (χ1v) is 8.64. The largest absolute Gasteiger partial charge is 0.480 e. The van der Waals surface area contributed by atoms with Crippen molar-refractivity contribution in [2.45, 2.75) is 30.9 Å². The highest BCUT2D eigenvalue weighted by atomic mass is 19.1. The van der Waals surface area contributed by atoms with E-state index in [0.29, 0.717) is 6.07 Å². The number of benzene rings is 2. The van der Waals surface area contributed by atoms with E-state index in [4.69, 9.17) is 0 Å². The first-order chi connectivity index (χ1) is 13.3. The average Bonchev–Trinajstić information content (AvgIpc) is 3.16. The Hall–Kier alpha value is -3.13. The molecule has 1 aromatic heterocycles. The molecule has 0 saturated heterocycles. The molecule has 0 saturated carbocycles. The van der Waals surface area contributed by atoms with E-state index in [2.05, 4.69) is 10.1 Å². The maximum atomic E-state index is 14.8. The van der Waals surface area contributed by atoms with Gasteiger partial charge in [0.15, 0.2) is 0 Å². The second-order valence-corrected chi connectivity index (χ2v) is 6.51. The third-order valence-electron chi connectivity index (χ3n) is 5.10. The van der Waals surface area contributed by atoms with E-state index >= 15 is 0 Å². The molecule has 2 aromatic carbocycles. The summed E-state index contributed by atoms with van der Waals surface area (Å²) < 4.78 is 29.5. The van der Waals surface area contributed by atoms with Crippen LogP contribution in [-0.2, 0) is 22.4 Å². The molecule has 2 N–H and O–H groups in total. The lowest BCUT2D eigenvalue weighted by Crippen LogP contribution is -2.57. The van der Waals surface area contributed by atoms with Crippen LogP contribution in [-0.4, -0.2) is 30.9 Å². The van der Waals surface area contributed by atoms with Crippen molar-refractivity contribution in [3.05, 3.63) is 83.9 Å². The summed E-state index contributed by atoms with van der Waals surface area (Å²) in [7, 11) is 0. The van der Waals surface area contributed by atoms with Gasteiger partial charge in [0.05, 0.1) is 6.54 Å². The van der Waals surface area contributed by atoms with Crippen molar-refractivity contribution in [1.29, 1.82) is 0 Å². The van der Waals surface area contributed by atoms with E-state index in [0.717, 1.165) is 12.1 Å². The number of carbonyl (C=O) groups is 1. The maximum absolute atomic E-state index is 14.8. The Kier molecular flexibility index (Phi) is 5.24. The minimum atomic E-state index is -2.29. The fourth-order valence-electron chi connectivity index (χ4n) is 3.73. The summed E-state index contributed by atoms with van der Waals surface area (Å²) in [6, 6.07) is 10.8. The van der Waals surface area contributed by atoms with Crippen LogP contribution < -0.4 is 0 Å². The molecule has 0 fully saturated rings. The van der Waals surface area contributed by atoms with Crippen molar-refractivity contribution >= 4 is 5.97 Å². The lowest BCUT2D eigenvalue weighted by atomic mass is 9.62. The number of aliphatic hydroxyl groups is 1. The van der Waals surface area contributed by atoms with Crippen molar-refractivity contribution < 1.29 is 23.8 Å². The van der Waals surface area contributed by atoms with Gasteiger partial charge in [0, 0.05) is 11.6 Å². The second kappa shape index (κ2) is 7.47. The van der Waals surface area contributed by atoms with Gasteiger partial charge >= 0.3 is 5.97 Å². The molecular formula is C20H19F2N3O3. The Morgan fingerprint density at radius 2 is 1.89 bits per heavy atom. The van der Waals surface area contributed by atoms with Crippen molar-refractivity contribution in [2.75, 3.05) is 0 Å². The summed E-state index contributed by atoms with van der Waals surface area (Å²) in [6.07, 6.45) is 2.45. The number of hydrogen-bond acceptors (Lipinski definition) is 4. The molecule has 3 rings (SSSR count). The molecule has 6 nitrogen and oxygen atoms in total. The van der Waals surface area contributed by atoms with Gasteiger partial charge in [-0.25, -0.2) is 18.4 Å².